The van der Waals surface area contributed by atoms with Gasteiger partial charge in [-0.3, -0.25) is 4.79 Å². The molecule has 0 aromatic heterocycles. The summed E-state index contributed by atoms with van der Waals surface area (Å²) < 4.78 is 5.87. The molecule has 0 bridgehead atoms. The van der Waals surface area contributed by atoms with Crippen molar-refractivity contribution in [2.24, 2.45) is 0 Å². The van der Waals surface area contributed by atoms with Crippen molar-refractivity contribution < 1.29 is 14.6 Å². The van der Waals surface area contributed by atoms with Crippen LogP contribution in [-0.2, 0) is 16.0 Å². The molecule has 132 valence electrons. The number of aliphatic hydroxyl groups excluding tert-OH is 1. The molecule has 4 heteroatoms. The van der Waals surface area contributed by atoms with Crippen LogP contribution in [0.15, 0.2) is 54.6 Å². The Morgan fingerprint density at radius 1 is 1.20 bits per heavy atom. The van der Waals surface area contributed by atoms with Crippen molar-refractivity contribution in [2.75, 3.05) is 20.3 Å². The fourth-order valence-corrected chi connectivity index (χ4v) is 3.50. The SMILES string of the molecule is CN(C(=O)CC1OCCc2ccccc21)C(CCO)c1ccccc1. The standard InChI is InChI=1S/C21H25NO3/c1-22(19(11-13-23)17-8-3-2-4-9-17)21(24)15-20-18-10-6-5-7-16(18)12-14-25-20/h2-10,19-20,23H,11-15H2,1H3. The molecule has 2 aromatic carbocycles. The minimum absolute atomic E-state index is 0.0315. The number of carbonyl (C=O) groups is 1. The third-order valence-electron chi connectivity index (χ3n) is 4.90. The van der Waals surface area contributed by atoms with E-state index in [4.69, 9.17) is 4.74 Å². The summed E-state index contributed by atoms with van der Waals surface area (Å²) in [5, 5.41) is 9.42. The lowest BCUT2D eigenvalue weighted by molar-refractivity contribution is -0.136. The van der Waals surface area contributed by atoms with E-state index < -0.39 is 0 Å². The number of aliphatic hydroxyl groups is 1. The van der Waals surface area contributed by atoms with E-state index in [9.17, 15) is 9.90 Å². The zero-order valence-corrected chi connectivity index (χ0v) is 14.6. The van der Waals surface area contributed by atoms with Crippen LogP contribution in [0.3, 0.4) is 0 Å². The monoisotopic (exact) mass is 339 g/mol. The Bertz CT molecular complexity index is 701. The summed E-state index contributed by atoms with van der Waals surface area (Å²) in [5.74, 6) is 0.0315. The summed E-state index contributed by atoms with van der Waals surface area (Å²) in [6, 6.07) is 17.9. The number of fused-ring (bicyclic) bond motifs is 1. The van der Waals surface area contributed by atoms with Gasteiger partial charge in [-0.2, -0.15) is 0 Å². The molecular weight excluding hydrogens is 314 g/mol. The van der Waals surface area contributed by atoms with Crippen LogP contribution in [0.25, 0.3) is 0 Å². The fourth-order valence-electron chi connectivity index (χ4n) is 3.50. The Morgan fingerprint density at radius 3 is 2.68 bits per heavy atom. The average molecular weight is 339 g/mol. The number of hydrogen-bond acceptors (Lipinski definition) is 3. The molecule has 25 heavy (non-hydrogen) atoms. The number of carbonyl (C=O) groups excluding carboxylic acids is 1. The van der Waals surface area contributed by atoms with Gasteiger partial charge in [0, 0.05) is 13.7 Å². The molecule has 1 aliphatic rings. The third kappa shape index (κ3) is 4.09. The molecule has 2 aromatic rings. The van der Waals surface area contributed by atoms with Crippen LogP contribution in [-0.4, -0.2) is 36.2 Å². The van der Waals surface area contributed by atoms with E-state index in [1.807, 2.05) is 49.5 Å². The summed E-state index contributed by atoms with van der Waals surface area (Å²) in [5.41, 5.74) is 3.43. The Balaban J connectivity index is 1.74. The average Bonchev–Trinajstić information content (AvgIpc) is 2.66. The molecule has 0 saturated heterocycles. The molecule has 1 aliphatic heterocycles. The van der Waals surface area contributed by atoms with Crippen LogP contribution in [0, 0.1) is 0 Å². The van der Waals surface area contributed by atoms with Crippen molar-refractivity contribution in [1.82, 2.24) is 4.90 Å². The highest BCUT2D eigenvalue weighted by molar-refractivity contribution is 5.77. The lowest BCUT2D eigenvalue weighted by atomic mass is 9.95. The smallest absolute Gasteiger partial charge is 0.225 e. The minimum atomic E-state index is -0.189. The van der Waals surface area contributed by atoms with E-state index in [2.05, 4.69) is 12.1 Å². The second kappa shape index (κ2) is 8.28. The summed E-state index contributed by atoms with van der Waals surface area (Å²) >= 11 is 0. The van der Waals surface area contributed by atoms with E-state index in [-0.39, 0.29) is 24.7 Å². The molecule has 1 N–H and O–H groups in total. The molecule has 1 heterocycles. The highest BCUT2D eigenvalue weighted by Crippen LogP contribution is 2.31. The predicted molar refractivity (Wildman–Crippen MR) is 97.1 cm³/mol. The largest absolute Gasteiger partial charge is 0.396 e. The molecular formula is C21H25NO3. The summed E-state index contributed by atoms with van der Waals surface area (Å²) in [6.07, 6.45) is 1.55. The van der Waals surface area contributed by atoms with Crippen molar-refractivity contribution in [3.8, 4) is 0 Å². The number of hydrogen-bond donors (Lipinski definition) is 1. The highest BCUT2D eigenvalue weighted by Gasteiger charge is 2.27. The fraction of sp³-hybridized carbons (Fsp3) is 0.381. The van der Waals surface area contributed by atoms with Crippen LogP contribution in [0.2, 0.25) is 0 Å². The Kier molecular flexibility index (Phi) is 5.84. The first-order valence-corrected chi connectivity index (χ1v) is 8.81. The van der Waals surface area contributed by atoms with Crippen molar-refractivity contribution in [3.63, 3.8) is 0 Å². The zero-order chi connectivity index (χ0) is 17.6. The second-order valence-corrected chi connectivity index (χ2v) is 6.46. The number of rotatable bonds is 6. The third-order valence-corrected chi connectivity index (χ3v) is 4.90. The van der Waals surface area contributed by atoms with Crippen molar-refractivity contribution in [2.45, 2.75) is 31.4 Å². The second-order valence-electron chi connectivity index (χ2n) is 6.46. The van der Waals surface area contributed by atoms with Gasteiger partial charge in [0.15, 0.2) is 0 Å². The summed E-state index contributed by atoms with van der Waals surface area (Å²) in [4.78, 5) is 14.6. The van der Waals surface area contributed by atoms with E-state index in [0.717, 1.165) is 17.5 Å². The van der Waals surface area contributed by atoms with Crippen molar-refractivity contribution >= 4 is 5.91 Å². The van der Waals surface area contributed by atoms with Crippen molar-refractivity contribution in [1.29, 1.82) is 0 Å². The Labute approximate surface area is 149 Å². The molecule has 0 radical (unpaired) electrons. The maximum absolute atomic E-state index is 12.9. The number of ether oxygens (including phenoxy) is 1. The quantitative estimate of drug-likeness (QED) is 0.879. The number of nitrogens with zero attached hydrogens (tertiary/aromatic N) is 1. The minimum Gasteiger partial charge on any atom is -0.396 e. The summed E-state index contributed by atoms with van der Waals surface area (Å²) in [7, 11) is 1.81. The first-order valence-electron chi connectivity index (χ1n) is 8.81. The van der Waals surface area contributed by atoms with Gasteiger partial charge in [-0.05, 0) is 29.5 Å². The topological polar surface area (TPSA) is 49.8 Å². The molecule has 0 aliphatic carbocycles. The number of benzene rings is 2. The molecule has 4 nitrogen and oxygen atoms in total. The van der Waals surface area contributed by atoms with Crippen LogP contribution in [0.4, 0.5) is 0 Å². The van der Waals surface area contributed by atoms with E-state index in [1.54, 1.807) is 4.90 Å². The maximum atomic E-state index is 12.9. The first kappa shape index (κ1) is 17.6. The van der Waals surface area contributed by atoms with Crippen LogP contribution >= 0.6 is 0 Å². The molecule has 2 unspecified atom stereocenters. The molecule has 0 spiro atoms. The molecule has 0 saturated carbocycles. The van der Waals surface area contributed by atoms with E-state index >= 15 is 0 Å². The Hall–Kier alpha value is -2.17. The Morgan fingerprint density at radius 2 is 1.92 bits per heavy atom. The summed E-state index contributed by atoms with van der Waals surface area (Å²) in [6.45, 7) is 0.692. The van der Waals surface area contributed by atoms with E-state index in [0.29, 0.717) is 19.4 Å². The normalized spacial score (nSPS) is 17.6. The molecule has 1 amide bonds. The van der Waals surface area contributed by atoms with Crippen molar-refractivity contribution in [3.05, 3.63) is 71.3 Å². The molecule has 2 atom stereocenters. The zero-order valence-electron chi connectivity index (χ0n) is 14.6. The molecule has 3 rings (SSSR count). The van der Waals surface area contributed by atoms with Gasteiger partial charge >= 0.3 is 0 Å². The van der Waals surface area contributed by atoms with Gasteiger partial charge < -0.3 is 14.7 Å². The highest BCUT2D eigenvalue weighted by atomic mass is 16.5. The van der Waals surface area contributed by atoms with Crippen LogP contribution < -0.4 is 0 Å². The van der Waals surface area contributed by atoms with Gasteiger partial charge in [-0.25, -0.2) is 0 Å². The van der Waals surface area contributed by atoms with Crippen LogP contribution in [0.5, 0.6) is 0 Å². The maximum Gasteiger partial charge on any atom is 0.225 e. The lowest BCUT2D eigenvalue weighted by Crippen LogP contribution is -2.33. The van der Waals surface area contributed by atoms with E-state index in [1.165, 1.54) is 5.56 Å². The number of amides is 1. The van der Waals surface area contributed by atoms with Gasteiger partial charge in [0.1, 0.15) is 0 Å². The van der Waals surface area contributed by atoms with Crippen LogP contribution in [0.1, 0.15) is 41.7 Å². The van der Waals surface area contributed by atoms with Gasteiger partial charge in [-0.1, -0.05) is 54.6 Å². The lowest BCUT2D eigenvalue weighted by Gasteiger charge is -2.31. The predicted octanol–water partition coefficient (Wildman–Crippen LogP) is 3.27. The van der Waals surface area contributed by atoms with Gasteiger partial charge in [0.25, 0.3) is 0 Å². The molecule has 0 fully saturated rings. The van der Waals surface area contributed by atoms with Gasteiger partial charge in [-0.15, -0.1) is 0 Å². The van der Waals surface area contributed by atoms with Gasteiger partial charge in [0.05, 0.1) is 25.2 Å². The van der Waals surface area contributed by atoms with Gasteiger partial charge in [0.2, 0.25) is 5.91 Å². The first-order chi connectivity index (χ1) is 12.2.